The molecular formula is C16H19ClN2O3S. The SMILES string of the molecule is CCCCS(=O)(=O)N1CCc2cc3cc(OC)c(Cl)cc3nc21. The van der Waals surface area contributed by atoms with Crippen molar-refractivity contribution >= 4 is 38.3 Å². The lowest BCUT2D eigenvalue weighted by Gasteiger charge is -2.18. The van der Waals surface area contributed by atoms with Crippen LogP contribution in [0.25, 0.3) is 10.9 Å². The number of sulfonamides is 1. The van der Waals surface area contributed by atoms with Crippen molar-refractivity contribution in [3.05, 3.63) is 28.8 Å². The molecule has 0 radical (unpaired) electrons. The molecule has 5 nitrogen and oxygen atoms in total. The summed E-state index contributed by atoms with van der Waals surface area (Å²) in [7, 11) is -1.75. The molecule has 0 amide bonds. The highest BCUT2D eigenvalue weighted by Crippen LogP contribution is 2.35. The van der Waals surface area contributed by atoms with E-state index in [-0.39, 0.29) is 5.75 Å². The van der Waals surface area contributed by atoms with Gasteiger partial charge in [0.15, 0.2) is 0 Å². The molecule has 0 N–H and O–H groups in total. The quantitative estimate of drug-likeness (QED) is 0.825. The fourth-order valence-corrected chi connectivity index (χ4v) is 4.70. The van der Waals surface area contributed by atoms with Crippen molar-refractivity contribution in [2.24, 2.45) is 0 Å². The predicted molar refractivity (Wildman–Crippen MR) is 93.0 cm³/mol. The van der Waals surface area contributed by atoms with E-state index in [1.165, 1.54) is 4.31 Å². The minimum atomic E-state index is -3.31. The van der Waals surface area contributed by atoms with Crippen LogP contribution in [0, 0.1) is 0 Å². The van der Waals surface area contributed by atoms with E-state index < -0.39 is 10.0 Å². The van der Waals surface area contributed by atoms with Crippen molar-refractivity contribution in [1.29, 1.82) is 0 Å². The van der Waals surface area contributed by atoms with Gasteiger partial charge in [0.1, 0.15) is 11.6 Å². The van der Waals surface area contributed by atoms with Gasteiger partial charge in [0.05, 0.1) is 23.4 Å². The molecule has 0 saturated carbocycles. The second kappa shape index (κ2) is 6.17. The Morgan fingerprint density at radius 1 is 1.35 bits per heavy atom. The van der Waals surface area contributed by atoms with E-state index in [0.29, 0.717) is 41.5 Å². The minimum Gasteiger partial charge on any atom is -0.495 e. The maximum absolute atomic E-state index is 12.5. The Morgan fingerprint density at radius 2 is 2.13 bits per heavy atom. The van der Waals surface area contributed by atoms with Crippen LogP contribution >= 0.6 is 11.6 Å². The molecule has 0 saturated heterocycles. The van der Waals surface area contributed by atoms with E-state index in [9.17, 15) is 8.42 Å². The summed E-state index contributed by atoms with van der Waals surface area (Å²) in [6, 6.07) is 5.52. The molecule has 2 heterocycles. The normalized spacial score (nSPS) is 14.3. The molecule has 0 aliphatic carbocycles. The Morgan fingerprint density at radius 3 is 2.83 bits per heavy atom. The lowest BCUT2D eigenvalue weighted by atomic mass is 10.1. The first-order valence-corrected chi connectivity index (χ1v) is 9.62. The number of benzene rings is 1. The summed E-state index contributed by atoms with van der Waals surface area (Å²) in [5.74, 6) is 1.28. The molecule has 1 aromatic carbocycles. The number of halogens is 1. The van der Waals surface area contributed by atoms with E-state index >= 15 is 0 Å². The molecule has 7 heteroatoms. The number of hydrogen-bond acceptors (Lipinski definition) is 4. The van der Waals surface area contributed by atoms with Crippen molar-refractivity contribution in [2.75, 3.05) is 23.7 Å². The van der Waals surface area contributed by atoms with Gasteiger partial charge in [0.2, 0.25) is 10.0 Å². The second-order valence-corrected chi connectivity index (χ2v) is 8.06. The fraction of sp³-hybridized carbons (Fsp3) is 0.438. The fourth-order valence-electron chi connectivity index (χ4n) is 2.80. The van der Waals surface area contributed by atoms with Crippen LogP contribution in [0.1, 0.15) is 25.3 Å². The summed E-state index contributed by atoms with van der Waals surface area (Å²) in [5.41, 5.74) is 1.62. The molecule has 0 fully saturated rings. The van der Waals surface area contributed by atoms with Gasteiger partial charge < -0.3 is 4.74 Å². The summed E-state index contributed by atoms with van der Waals surface area (Å²) in [6.07, 6.45) is 2.18. The highest BCUT2D eigenvalue weighted by atomic mass is 35.5. The van der Waals surface area contributed by atoms with E-state index in [0.717, 1.165) is 17.4 Å². The van der Waals surface area contributed by atoms with Crippen molar-refractivity contribution in [3.63, 3.8) is 0 Å². The lowest BCUT2D eigenvalue weighted by Crippen LogP contribution is -2.31. The molecule has 1 aromatic heterocycles. The van der Waals surface area contributed by atoms with Crippen LogP contribution in [0.15, 0.2) is 18.2 Å². The number of aromatic nitrogens is 1. The monoisotopic (exact) mass is 354 g/mol. The van der Waals surface area contributed by atoms with Gasteiger partial charge in [-0.2, -0.15) is 0 Å². The van der Waals surface area contributed by atoms with E-state index in [1.807, 2.05) is 19.1 Å². The number of ether oxygens (including phenoxy) is 1. The third kappa shape index (κ3) is 2.97. The van der Waals surface area contributed by atoms with E-state index in [2.05, 4.69) is 4.98 Å². The van der Waals surface area contributed by atoms with Crippen molar-refractivity contribution in [2.45, 2.75) is 26.2 Å². The molecule has 23 heavy (non-hydrogen) atoms. The van der Waals surface area contributed by atoms with E-state index in [4.69, 9.17) is 16.3 Å². The van der Waals surface area contributed by atoms with Gasteiger partial charge in [-0.3, -0.25) is 4.31 Å². The molecule has 0 spiro atoms. The van der Waals surface area contributed by atoms with Crippen LogP contribution in [0.4, 0.5) is 5.82 Å². The molecule has 124 valence electrons. The highest BCUT2D eigenvalue weighted by molar-refractivity contribution is 7.92. The third-order valence-corrected chi connectivity index (χ3v) is 6.18. The van der Waals surface area contributed by atoms with Crippen LogP contribution in [0.3, 0.4) is 0 Å². The van der Waals surface area contributed by atoms with E-state index in [1.54, 1.807) is 13.2 Å². The molecule has 2 aromatic rings. The number of pyridine rings is 1. The molecule has 0 atom stereocenters. The summed E-state index contributed by atoms with van der Waals surface area (Å²) in [5, 5.41) is 1.36. The van der Waals surface area contributed by atoms with Crippen molar-refractivity contribution in [3.8, 4) is 5.75 Å². The molecule has 3 rings (SSSR count). The summed E-state index contributed by atoms with van der Waals surface area (Å²) in [6.45, 7) is 2.43. The van der Waals surface area contributed by atoms with Gasteiger partial charge >= 0.3 is 0 Å². The zero-order chi connectivity index (χ0) is 16.6. The third-order valence-electron chi connectivity index (χ3n) is 4.06. The average Bonchev–Trinajstić information content (AvgIpc) is 2.93. The van der Waals surface area contributed by atoms with Crippen LogP contribution in [0.5, 0.6) is 5.75 Å². The number of unbranched alkanes of at least 4 members (excludes halogenated alkanes) is 1. The Labute approximate surface area is 141 Å². The smallest absolute Gasteiger partial charge is 0.236 e. The summed E-state index contributed by atoms with van der Waals surface area (Å²) >= 11 is 6.15. The number of fused-ring (bicyclic) bond motifs is 2. The second-order valence-electron chi connectivity index (χ2n) is 5.64. The number of rotatable bonds is 5. The van der Waals surface area contributed by atoms with Crippen LogP contribution in [-0.4, -0.2) is 32.8 Å². The number of anilines is 1. The van der Waals surface area contributed by atoms with Crippen molar-refractivity contribution in [1.82, 2.24) is 4.98 Å². The number of nitrogens with zero attached hydrogens (tertiary/aromatic N) is 2. The maximum Gasteiger partial charge on any atom is 0.236 e. The lowest BCUT2D eigenvalue weighted by molar-refractivity contribution is 0.415. The van der Waals surface area contributed by atoms with Gasteiger partial charge in [-0.1, -0.05) is 24.9 Å². The van der Waals surface area contributed by atoms with Crippen LogP contribution in [-0.2, 0) is 16.4 Å². The van der Waals surface area contributed by atoms with Crippen LogP contribution in [0.2, 0.25) is 5.02 Å². The molecule has 1 aliphatic heterocycles. The Hall–Kier alpha value is -1.53. The Bertz CT molecular complexity index is 852. The first-order valence-electron chi connectivity index (χ1n) is 7.64. The number of methoxy groups -OCH3 is 1. The maximum atomic E-state index is 12.5. The predicted octanol–water partition coefficient (Wildman–Crippen LogP) is 3.39. The molecule has 0 bridgehead atoms. The van der Waals surface area contributed by atoms with Gasteiger partial charge in [0, 0.05) is 11.9 Å². The van der Waals surface area contributed by atoms with Crippen molar-refractivity contribution < 1.29 is 13.2 Å². The zero-order valence-electron chi connectivity index (χ0n) is 13.2. The minimum absolute atomic E-state index is 0.159. The Balaban J connectivity index is 2.06. The van der Waals surface area contributed by atoms with Gasteiger partial charge in [-0.15, -0.1) is 0 Å². The standard InChI is InChI=1S/C16H19ClN2O3S/c1-3-4-7-23(20,21)19-6-5-11-8-12-9-15(22-2)13(17)10-14(12)18-16(11)19/h8-10H,3-7H2,1-2H3. The molecule has 1 aliphatic rings. The van der Waals surface area contributed by atoms with Gasteiger partial charge in [0.25, 0.3) is 0 Å². The molecular weight excluding hydrogens is 336 g/mol. The highest BCUT2D eigenvalue weighted by Gasteiger charge is 2.30. The van der Waals surface area contributed by atoms with Gasteiger partial charge in [-0.25, -0.2) is 13.4 Å². The topological polar surface area (TPSA) is 59.5 Å². The zero-order valence-corrected chi connectivity index (χ0v) is 14.7. The number of hydrogen-bond donors (Lipinski definition) is 0. The largest absolute Gasteiger partial charge is 0.495 e. The average molecular weight is 355 g/mol. The van der Waals surface area contributed by atoms with Crippen LogP contribution < -0.4 is 9.04 Å². The summed E-state index contributed by atoms with van der Waals surface area (Å²) < 4.78 is 31.7. The first-order chi connectivity index (χ1) is 11.0. The molecule has 0 unspecified atom stereocenters. The Kier molecular flexibility index (Phi) is 4.38. The summed E-state index contributed by atoms with van der Waals surface area (Å²) in [4.78, 5) is 4.55. The van der Waals surface area contributed by atoms with Gasteiger partial charge in [-0.05, 0) is 36.6 Å². The first kappa shape index (κ1) is 16.3.